The van der Waals surface area contributed by atoms with Crippen LogP contribution < -0.4 is 5.32 Å². The number of carbonyl (C=O) groups is 3. The third kappa shape index (κ3) is 4.70. The Hall–Kier alpha value is -3.36. The van der Waals surface area contributed by atoms with Gasteiger partial charge in [-0.25, -0.2) is 4.68 Å². The lowest BCUT2D eigenvalue weighted by molar-refractivity contribution is -0.122. The first-order valence-electron chi connectivity index (χ1n) is 9.41. The van der Waals surface area contributed by atoms with Crippen LogP contribution in [0.2, 0.25) is 5.02 Å². The summed E-state index contributed by atoms with van der Waals surface area (Å²) in [6.45, 7) is 0.216. The van der Waals surface area contributed by atoms with Gasteiger partial charge >= 0.3 is 0 Å². The largest absolute Gasteiger partial charge is 0.350 e. The lowest BCUT2D eigenvalue weighted by Gasteiger charge is -2.12. The number of para-hydroxylation sites is 1. The number of halogens is 1. The highest BCUT2D eigenvalue weighted by Gasteiger charge is 2.34. The summed E-state index contributed by atoms with van der Waals surface area (Å²) in [5.41, 5.74) is 1.85. The van der Waals surface area contributed by atoms with E-state index in [1.807, 2.05) is 42.5 Å². The smallest absolute Gasteiger partial charge is 0.293 e. The van der Waals surface area contributed by atoms with Crippen LogP contribution in [0.25, 0.3) is 11.8 Å². The molecule has 1 N–H and O–H groups in total. The van der Waals surface area contributed by atoms with Gasteiger partial charge in [0.25, 0.3) is 17.1 Å². The molecule has 1 aliphatic rings. The highest BCUT2D eigenvalue weighted by molar-refractivity contribution is 8.18. The lowest BCUT2D eigenvalue weighted by Crippen LogP contribution is -2.37. The highest BCUT2D eigenvalue weighted by atomic mass is 35.5. The topological polar surface area (TPSA) is 84.3 Å². The molecule has 1 aromatic heterocycles. The Kier molecular flexibility index (Phi) is 6.20. The van der Waals surface area contributed by atoms with Gasteiger partial charge in [0.15, 0.2) is 0 Å². The Labute approximate surface area is 187 Å². The lowest BCUT2D eigenvalue weighted by atomic mass is 10.2. The number of thioether (sulfide) groups is 1. The van der Waals surface area contributed by atoms with Crippen LogP contribution in [0.5, 0.6) is 0 Å². The van der Waals surface area contributed by atoms with E-state index < -0.39 is 0 Å². The fourth-order valence-corrected chi connectivity index (χ4v) is 4.07. The van der Waals surface area contributed by atoms with E-state index in [1.54, 1.807) is 24.4 Å². The van der Waals surface area contributed by atoms with Crippen molar-refractivity contribution in [2.45, 2.75) is 0 Å². The molecule has 0 spiro atoms. The van der Waals surface area contributed by atoms with Crippen molar-refractivity contribution in [2.24, 2.45) is 0 Å². The van der Waals surface area contributed by atoms with Gasteiger partial charge in [-0.15, -0.1) is 0 Å². The number of aromatic nitrogens is 2. The van der Waals surface area contributed by atoms with Gasteiger partial charge in [0.1, 0.15) is 0 Å². The summed E-state index contributed by atoms with van der Waals surface area (Å²) in [5.74, 6) is -0.718. The van der Waals surface area contributed by atoms with Crippen LogP contribution in [-0.2, 0) is 4.79 Å². The first-order valence-corrected chi connectivity index (χ1v) is 10.6. The first-order chi connectivity index (χ1) is 15.0. The van der Waals surface area contributed by atoms with Crippen molar-refractivity contribution >= 4 is 46.5 Å². The van der Waals surface area contributed by atoms with Gasteiger partial charge in [-0.2, -0.15) is 5.10 Å². The number of nitrogens with zero attached hydrogens (tertiary/aromatic N) is 3. The molecule has 0 aliphatic carbocycles. The standard InChI is InChI=1S/C22H17ClN4O3S/c23-17-8-4-5-9-18(17)27-14-16(13-25-27)20(28)24-10-11-26-21(29)19(31-22(26)30)12-15-6-2-1-3-7-15/h1-9,12-14H,10-11H2,(H,24,28)/b19-12+. The number of hydrogen-bond acceptors (Lipinski definition) is 5. The van der Waals surface area contributed by atoms with Crippen LogP contribution in [0.1, 0.15) is 15.9 Å². The Morgan fingerprint density at radius 1 is 1.10 bits per heavy atom. The molecule has 1 saturated heterocycles. The van der Waals surface area contributed by atoms with Gasteiger partial charge in [0, 0.05) is 19.3 Å². The molecule has 2 aromatic carbocycles. The van der Waals surface area contributed by atoms with E-state index in [2.05, 4.69) is 10.4 Å². The molecule has 156 valence electrons. The van der Waals surface area contributed by atoms with Crippen molar-refractivity contribution in [3.8, 4) is 5.69 Å². The van der Waals surface area contributed by atoms with E-state index in [0.29, 0.717) is 21.2 Å². The van der Waals surface area contributed by atoms with Crippen LogP contribution in [0, 0.1) is 0 Å². The van der Waals surface area contributed by atoms with Crippen LogP contribution in [-0.4, -0.2) is 44.8 Å². The second-order valence-electron chi connectivity index (χ2n) is 6.62. The number of nitrogens with one attached hydrogen (secondary N) is 1. The normalized spacial score (nSPS) is 15.0. The summed E-state index contributed by atoms with van der Waals surface area (Å²) in [6.07, 6.45) is 4.69. The summed E-state index contributed by atoms with van der Waals surface area (Å²) in [7, 11) is 0. The molecular formula is C22H17ClN4O3S. The van der Waals surface area contributed by atoms with E-state index in [1.165, 1.54) is 10.9 Å². The summed E-state index contributed by atoms with van der Waals surface area (Å²) >= 11 is 7.05. The van der Waals surface area contributed by atoms with Crippen molar-refractivity contribution in [1.82, 2.24) is 20.0 Å². The van der Waals surface area contributed by atoms with Crippen LogP contribution in [0.15, 0.2) is 71.9 Å². The molecule has 0 atom stereocenters. The number of benzene rings is 2. The van der Waals surface area contributed by atoms with Crippen LogP contribution in [0.3, 0.4) is 0 Å². The molecule has 1 fully saturated rings. The number of hydrogen-bond donors (Lipinski definition) is 1. The molecule has 9 heteroatoms. The summed E-state index contributed by atoms with van der Waals surface area (Å²) in [5, 5.41) is 7.04. The number of amides is 3. The SMILES string of the molecule is O=C(NCCN1C(=O)S/C(=C/c2ccccc2)C1=O)c1cnn(-c2ccccc2Cl)c1. The van der Waals surface area contributed by atoms with Gasteiger partial charge in [-0.05, 0) is 35.5 Å². The molecular weight excluding hydrogens is 436 g/mol. The average Bonchev–Trinajstić information content (AvgIpc) is 3.36. The fourth-order valence-electron chi connectivity index (χ4n) is 2.99. The first kappa shape index (κ1) is 20.9. The van der Waals surface area contributed by atoms with Gasteiger partial charge in [-0.1, -0.05) is 54.1 Å². The minimum atomic E-state index is -0.361. The van der Waals surface area contributed by atoms with Crippen molar-refractivity contribution in [3.05, 3.63) is 88.0 Å². The third-order valence-corrected chi connectivity index (χ3v) is 5.76. The van der Waals surface area contributed by atoms with Crippen molar-refractivity contribution < 1.29 is 14.4 Å². The van der Waals surface area contributed by atoms with Gasteiger partial charge < -0.3 is 5.32 Å². The number of imide groups is 1. The van der Waals surface area contributed by atoms with Gasteiger partial charge in [0.05, 0.1) is 27.4 Å². The average molecular weight is 453 g/mol. The van der Waals surface area contributed by atoms with Crippen molar-refractivity contribution in [3.63, 3.8) is 0 Å². The molecule has 2 heterocycles. The molecule has 4 rings (SSSR count). The predicted molar refractivity (Wildman–Crippen MR) is 120 cm³/mol. The molecule has 3 amide bonds. The van der Waals surface area contributed by atoms with E-state index >= 15 is 0 Å². The molecule has 0 bridgehead atoms. The van der Waals surface area contributed by atoms with Crippen molar-refractivity contribution in [2.75, 3.05) is 13.1 Å². The summed E-state index contributed by atoms with van der Waals surface area (Å²) in [6, 6.07) is 16.5. The summed E-state index contributed by atoms with van der Waals surface area (Å²) < 4.78 is 1.52. The fraction of sp³-hybridized carbons (Fsp3) is 0.0909. The number of carbonyl (C=O) groups excluding carboxylic acids is 3. The maximum Gasteiger partial charge on any atom is 0.293 e. The maximum atomic E-state index is 12.5. The molecule has 31 heavy (non-hydrogen) atoms. The Bertz CT molecular complexity index is 1180. The highest BCUT2D eigenvalue weighted by Crippen LogP contribution is 2.31. The number of rotatable bonds is 6. The maximum absolute atomic E-state index is 12.5. The van der Waals surface area contributed by atoms with Gasteiger partial charge in [0.2, 0.25) is 0 Å². The Balaban J connectivity index is 1.35. The molecule has 0 saturated carbocycles. The van der Waals surface area contributed by atoms with Crippen LogP contribution >= 0.6 is 23.4 Å². The molecule has 7 nitrogen and oxygen atoms in total. The van der Waals surface area contributed by atoms with Crippen molar-refractivity contribution in [1.29, 1.82) is 0 Å². The zero-order valence-corrected chi connectivity index (χ0v) is 17.8. The second-order valence-corrected chi connectivity index (χ2v) is 8.03. The Morgan fingerprint density at radius 3 is 2.61 bits per heavy atom. The van der Waals surface area contributed by atoms with E-state index in [0.717, 1.165) is 22.2 Å². The zero-order valence-electron chi connectivity index (χ0n) is 16.2. The molecule has 3 aromatic rings. The zero-order chi connectivity index (χ0) is 21.8. The van der Waals surface area contributed by atoms with E-state index in [-0.39, 0.29) is 30.1 Å². The molecule has 0 radical (unpaired) electrons. The third-order valence-electron chi connectivity index (χ3n) is 4.54. The minimum absolute atomic E-state index is 0.0845. The Morgan fingerprint density at radius 2 is 1.84 bits per heavy atom. The monoisotopic (exact) mass is 452 g/mol. The van der Waals surface area contributed by atoms with E-state index in [9.17, 15) is 14.4 Å². The quantitative estimate of drug-likeness (QED) is 0.571. The predicted octanol–water partition coefficient (Wildman–Crippen LogP) is 3.99. The van der Waals surface area contributed by atoms with Gasteiger partial charge in [-0.3, -0.25) is 19.3 Å². The van der Waals surface area contributed by atoms with E-state index in [4.69, 9.17) is 11.6 Å². The molecule has 0 unspecified atom stereocenters. The summed E-state index contributed by atoms with van der Waals surface area (Å²) in [4.78, 5) is 38.7. The molecule has 1 aliphatic heterocycles. The second kappa shape index (κ2) is 9.20. The van der Waals surface area contributed by atoms with Crippen LogP contribution in [0.4, 0.5) is 4.79 Å². The minimum Gasteiger partial charge on any atom is -0.350 e.